The summed E-state index contributed by atoms with van der Waals surface area (Å²) >= 11 is 0. The number of Topliss-reactive ketones (excluding diaryl/α,β-unsaturated/α-hetero) is 1. The summed E-state index contributed by atoms with van der Waals surface area (Å²) in [5, 5.41) is 8.87. The molecule has 4 heteroatoms. The van der Waals surface area contributed by atoms with E-state index in [-0.39, 0.29) is 5.78 Å². The van der Waals surface area contributed by atoms with Gasteiger partial charge in [0.05, 0.1) is 13.0 Å². The van der Waals surface area contributed by atoms with Gasteiger partial charge < -0.3 is 9.84 Å². The number of hydrogen-bond donors (Lipinski definition) is 1. The van der Waals surface area contributed by atoms with E-state index in [4.69, 9.17) is 9.84 Å². The molecule has 1 aromatic rings. The largest absolute Gasteiger partial charge is 0.497 e. The first-order valence-electron chi connectivity index (χ1n) is 5.38. The molecule has 0 amide bonds. The first-order valence-corrected chi connectivity index (χ1v) is 5.38. The van der Waals surface area contributed by atoms with Gasteiger partial charge in [-0.25, -0.2) is 0 Å². The molecule has 0 spiro atoms. The van der Waals surface area contributed by atoms with Gasteiger partial charge in [-0.15, -0.1) is 0 Å². The van der Waals surface area contributed by atoms with Crippen LogP contribution < -0.4 is 4.74 Å². The van der Waals surface area contributed by atoms with E-state index in [0.717, 1.165) is 0 Å². The number of aliphatic carboxylic acids is 1. The second kappa shape index (κ2) is 5.48. The maximum Gasteiger partial charge on any atom is 0.306 e. The molecule has 2 unspecified atom stereocenters. The van der Waals surface area contributed by atoms with Gasteiger partial charge >= 0.3 is 5.97 Å². The van der Waals surface area contributed by atoms with Crippen LogP contribution in [-0.2, 0) is 4.79 Å². The summed E-state index contributed by atoms with van der Waals surface area (Å²) in [6.45, 7) is 3.16. The Morgan fingerprint density at radius 2 is 1.88 bits per heavy atom. The van der Waals surface area contributed by atoms with Crippen LogP contribution in [0.25, 0.3) is 0 Å². The fourth-order valence-electron chi connectivity index (χ4n) is 1.48. The number of carbonyl (C=O) groups excluding carboxylic acids is 1. The van der Waals surface area contributed by atoms with Gasteiger partial charge in [0.25, 0.3) is 0 Å². The monoisotopic (exact) mass is 236 g/mol. The van der Waals surface area contributed by atoms with E-state index in [1.807, 2.05) is 0 Å². The van der Waals surface area contributed by atoms with E-state index in [1.165, 1.54) is 14.0 Å². The van der Waals surface area contributed by atoms with Crippen molar-refractivity contribution in [3.05, 3.63) is 29.8 Å². The number of carboxylic acid groups (broad SMARTS) is 1. The zero-order valence-corrected chi connectivity index (χ0v) is 10.1. The summed E-state index contributed by atoms with van der Waals surface area (Å²) in [5.74, 6) is -1.81. The Kier molecular flexibility index (Phi) is 4.26. The number of carbonyl (C=O) groups is 2. The lowest BCUT2D eigenvalue weighted by Gasteiger charge is -2.15. The summed E-state index contributed by atoms with van der Waals surface area (Å²) < 4.78 is 5.02. The fourth-order valence-corrected chi connectivity index (χ4v) is 1.48. The Labute approximate surface area is 100 Å². The highest BCUT2D eigenvalue weighted by Gasteiger charge is 2.26. The third kappa shape index (κ3) is 3.06. The van der Waals surface area contributed by atoms with Crippen LogP contribution in [0.4, 0.5) is 0 Å². The van der Waals surface area contributed by atoms with Gasteiger partial charge in [0.1, 0.15) is 5.75 Å². The molecular formula is C13H16O4. The van der Waals surface area contributed by atoms with Crippen LogP contribution in [0, 0.1) is 11.8 Å². The van der Waals surface area contributed by atoms with E-state index < -0.39 is 17.8 Å². The number of rotatable bonds is 5. The Balaban J connectivity index is 2.92. The number of benzene rings is 1. The predicted octanol–water partition coefficient (Wildman–Crippen LogP) is 2.23. The van der Waals surface area contributed by atoms with E-state index in [0.29, 0.717) is 11.3 Å². The van der Waals surface area contributed by atoms with E-state index in [2.05, 4.69) is 0 Å². The molecule has 0 fully saturated rings. The number of hydrogen-bond acceptors (Lipinski definition) is 3. The second-order valence-corrected chi connectivity index (χ2v) is 4.01. The maximum absolute atomic E-state index is 12.0. The van der Waals surface area contributed by atoms with Crippen LogP contribution >= 0.6 is 0 Å². The van der Waals surface area contributed by atoms with Crippen LogP contribution in [0.5, 0.6) is 5.75 Å². The van der Waals surface area contributed by atoms with Crippen LogP contribution in [0.1, 0.15) is 24.2 Å². The zero-order valence-electron chi connectivity index (χ0n) is 10.1. The molecule has 4 nitrogen and oxygen atoms in total. The standard InChI is InChI=1S/C13H16O4/c1-8(9(2)13(15)16)12(14)10-5-4-6-11(7-10)17-3/h4-9H,1-3H3,(H,15,16). The fraction of sp³-hybridized carbons (Fsp3) is 0.385. The molecule has 0 heterocycles. The van der Waals surface area contributed by atoms with Crippen LogP contribution in [0.2, 0.25) is 0 Å². The Hall–Kier alpha value is -1.84. The van der Waals surface area contributed by atoms with Gasteiger partial charge in [0.2, 0.25) is 0 Å². The third-order valence-electron chi connectivity index (χ3n) is 2.91. The Morgan fingerprint density at radius 1 is 1.24 bits per heavy atom. The predicted molar refractivity (Wildman–Crippen MR) is 63.3 cm³/mol. The van der Waals surface area contributed by atoms with E-state index >= 15 is 0 Å². The van der Waals surface area contributed by atoms with Crippen molar-refractivity contribution >= 4 is 11.8 Å². The van der Waals surface area contributed by atoms with Crippen LogP contribution in [0.15, 0.2) is 24.3 Å². The first-order chi connectivity index (χ1) is 7.97. The third-order valence-corrected chi connectivity index (χ3v) is 2.91. The van der Waals surface area contributed by atoms with Crippen LogP contribution in [0.3, 0.4) is 0 Å². The highest BCUT2D eigenvalue weighted by molar-refractivity contribution is 5.99. The summed E-state index contributed by atoms with van der Waals surface area (Å²) in [6.07, 6.45) is 0. The smallest absolute Gasteiger partial charge is 0.306 e. The highest BCUT2D eigenvalue weighted by Crippen LogP contribution is 2.20. The van der Waals surface area contributed by atoms with E-state index in [1.54, 1.807) is 31.2 Å². The highest BCUT2D eigenvalue weighted by atomic mass is 16.5. The minimum atomic E-state index is -0.964. The zero-order chi connectivity index (χ0) is 13.0. The van der Waals surface area contributed by atoms with Crippen molar-refractivity contribution in [1.29, 1.82) is 0 Å². The van der Waals surface area contributed by atoms with Gasteiger partial charge in [0, 0.05) is 11.5 Å². The molecule has 0 saturated carbocycles. The number of ether oxygens (including phenoxy) is 1. The van der Waals surface area contributed by atoms with Crippen LogP contribution in [-0.4, -0.2) is 24.0 Å². The number of carboxylic acids is 1. The summed E-state index contributed by atoms with van der Waals surface area (Å²) in [6, 6.07) is 6.73. The molecular weight excluding hydrogens is 220 g/mol. The summed E-state index contributed by atoms with van der Waals surface area (Å²) in [4.78, 5) is 22.9. The molecule has 0 aliphatic heterocycles. The molecule has 0 bridgehead atoms. The second-order valence-electron chi connectivity index (χ2n) is 4.01. The average Bonchev–Trinajstić information content (AvgIpc) is 2.36. The van der Waals surface area contributed by atoms with Crippen molar-refractivity contribution in [2.75, 3.05) is 7.11 Å². The number of methoxy groups -OCH3 is 1. The Bertz CT molecular complexity index is 425. The molecule has 2 atom stereocenters. The molecule has 0 saturated heterocycles. The average molecular weight is 236 g/mol. The van der Waals surface area contributed by atoms with Gasteiger partial charge in [-0.2, -0.15) is 0 Å². The van der Waals surface area contributed by atoms with Crippen molar-refractivity contribution in [2.45, 2.75) is 13.8 Å². The van der Waals surface area contributed by atoms with Gasteiger partial charge in [-0.1, -0.05) is 26.0 Å². The molecule has 0 aromatic heterocycles. The topological polar surface area (TPSA) is 63.6 Å². The normalized spacial score (nSPS) is 13.8. The molecule has 92 valence electrons. The molecule has 0 aliphatic rings. The molecule has 1 rings (SSSR count). The van der Waals surface area contributed by atoms with Crippen molar-refractivity contribution in [3.8, 4) is 5.75 Å². The van der Waals surface area contributed by atoms with E-state index in [9.17, 15) is 9.59 Å². The summed E-state index contributed by atoms with van der Waals surface area (Å²) in [5.41, 5.74) is 0.477. The molecule has 17 heavy (non-hydrogen) atoms. The lowest BCUT2D eigenvalue weighted by molar-refractivity contribution is -0.142. The quantitative estimate of drug-likeness (QED) is 0.796. The lowest BCUT2D eigenvalue weighted by Crippen LogP contribution is -2.25. The van der Waals surface area contributed by atoms with Crippen molar-refractivity contribution in [3.63, 3.8) is 0 Å². The maximum atomic E-state index is 12.0. The first kappa shape index (κ1) is 13.2. The van der Waals surface area contributed by atoms with Gasteiger partial charge in [0.15, 0.2) is 5.78 Å². The SMILES string of the molecule is COc1cccc(C(=O)C(C)C(C)C(=O)O)c1. The number of ketones is 1. The molecule has 1 N–H and O–H groups in total. The minimum Gasteiger partial charge on any atom is -0.497 e. The van der Waals surface area contributed by atoms with Crippen molar-refractivity contribution in [2.24, 2.45) is 11.8 Å². The summed E-state index contributed by atoms with van der Waals surface area (Å²) in [7, 11) is 1.52. The molecule has 0 radical (unpaired) electrons. The van der Waals surface area contributed by atoms with Crippen molar-refractivity contribution < 1.29 is 19.4 Å². The minimum absolute atomic E-state index is 0.182. The Morgan fingerprint density at radius 3 is 2.41 bits per heavy atom. The molecule has 0 aliphatic carbocycles. The van der Waals surface area contributed by atoms with Crippen molar-refractivity contribution in [1.82, 2.24) is 0 Å². The molecule has 1 aromatic carbocycles. The van der Waals surface area contributed by atoms with Gasteiger partial charge in [-0.05, 0) is 12.1 Å². The lowest BCUT2D eigenvalue weighted by atomic mass is 9.88. The van der Waals surface area contributed by atoms with Gasteiger partial charge in [-0.3, -0.25) is 9.59 Å².